The Bertz CT molecular complexity index is 404. The zero-order valence-corrected chi connectivity index (χ0v) is 9.09. The molecule has 1 aromatic carbocycles. The molecule has 0 saturated carbocycles. The molecule has 0 saturated heterocycles. The zero-order valence-electron chi connectivity index (χ0n) is 8.33. The molecular weight excluding hydrogens is 218 g/mol. The molecule has 0 aliphatic carbocycles. The maximum absolute atomic E-state index is 11.3. The molecule has 1 aromatic rings. The second-order valence-corrected chi connectivity index (χ2v) is 3.27. The summed E-state index contributed by atoms with van der Waals surface area (Å²) in [5.74, 6) is -0.750. The number of benzene rings is 1. The van der Waals surface area contributed by atoms with Gasteiger partial charge >= 0.3 is 5.97 Å². The quantitative estimate of drug-likeness (QED) is 0.787. The zero-order chi connectivity index (χ0) is 11.4. The van der Waals surface area contributed by atoms with Gasteiger partial charge in [-0.25, -0.2) is 4.79 Å². The largest absolute Gasteiger partial charge is 0.465 e. The molecule has 0 aliphatic rings. The minimum Gasteiger partial charge on any atom is -0.465 e. The summed E-state index contributed by atoms with van der Waals surface area (Å²) in [4.78, 5) is 22.0. The van der Waals surface area contributed by atoms with Gasteiger partial charge in [-0.1, -0.05) is 11.6 Å². The molecule has 0 unspecified atom stereocenters. The number of rotatable bonds is 2. The Morgan fingerprint density at radius 2 is 2.07 bits per heavy atom. The predicted octanol–water partition coefficient (Wildman–Crippen LogP) is 2.08. The number of hydrogen-bond acceptors (Lipinski definition) is 3. The molecule has 15 heavy (non-hydrogen) atoms. The summed E-state index contributed by atoms with van der Waals surface area (Å²) in [6.07, 6.45) is 0. The molecule has 1 N–H and O–H groups in total. The van der Waals surface area contributed by atoms with E-state index in [-0.39, 0.29) is 16.5 Å². The van der Waals surface area contributed by atoms with Crippen LogP contribution < -0.4 is 5.32 Å². The van der Waals surface area contributed by atoms with Gasteiger partial charge in [0.15, 0.2) is 0 Å². The van der Waals surface area contributed by atoms with Gasteiger partial charge in [0.25, 0.3) is 0 Å². The van der Waals surface area contributed by atoms with Gasteiger partial charge in [-0.15, -0.1) is 0 Å². The molecule has 0 aliphatic heterocycles. The summed E-state index contributed by atoms with van der Waals surface area (Å²) < 4.78 is 4.54. The van der Waals surface area contributed by atoms with Crippen LogP contribution in [0.3, 0.4) is 0 Å². The molecule has 4 nitrogen and oxygen atoms in total. The van der Waals surface area contributed by atoms with E-state index in [0.29, 0.717) is 5.69 Å². The smallest absolute Gasteiger partial charge is 0.339 e. The number of amides is 1. The number of carbonyl (C=O) groups excluding carboxylic acids is 2. The van der Waals surface area contributed by atoms with Crippen LogP contribution in [0, 0.1) is 0 Å². The van der Waals surface area contributed by atoms with Gasteiger partial charge < -0.3 is 10.1 Å². The molecular formula is C10H10ClNO3. The normalized spacial score (nSPS) is 9.53. The Hall–Kier alpha value is -1.55. The van der Waals surface area contributed by atoms with Crippen molar-refractivity contribution in [2.75, 3.05) is 12.4 Å². The van der Waals surface area contributed by atoms with Crippen molar-refractivity contribution in [3.8, 4) is 0 Å². The first-order valence-corrected chi connectivity index (χ1v) is 4.58. The van der Waals surface area contributed by atoms with Gasteiger partial charge in [0, 0.05) is 12.6 Å². The summed E-state index contributed by atoms with van der Waals surface area (Å²) in [7, 11) is 1.27. The summed E-state index contributed by atoms with van der Waals surface area (Å²) in [6, 6.07) is 4.60. The summed E-state index contributed by atoms with van der Waals surface area (Å²) in [5.41, 5.74) is 0.734. The van der Waals surface area contributed by atoms with Crippen molar-refractivity contribution in [1.82, 2.24) is 0 Å². The lowest BCUT2D eigenvalue weighted by atomic mass is 10.2. The first-order chi connectivity index (χ1) is 7.04. The fraction of sp³-hybridized carbons (Fsp3) is 0.200. The lowest BCUT2D eigenvalue weighted by Crippen LogP contribution is -2.08. The van der Waals surface area contributed by atoms with Crippen LogP contribution in [0.15, 0.2) is 18.2 Å². The van der Waals surface area contributed by atoms with Crippen molar-refractivity contribution in [3.63, 3.8) is 0 Å². The van der Waals surface area contributed by atoms with Crippen molar-refractivity contribution in [3.05, 3.63) is 28.8 Å². The molecule has 0 fully saturated rings. The number of anilines is 1. The number of hydrogen-bond donors (Lipinski definition) is 1. The average molecular weight is 228 g/mol. The molecule has 1 amide bonds. The highest BCUT2D eigenvalue weighted by Crippen LogP contribution is 2.21. The number of methoxy groups -OCH3 is 1. The molecule has 0 radical (unpaired) electrons. The van der Waals surface area contributed by atoms with E-state index in [1.165, 1.54) is 26.2 Å². The molecule has 5 heteroatoms. The van der Waals surface area contributed by atoms with Crippen LogP contribution in [0.1, 0.15) is 17.3 Å². The maximum atomic E-state index is 11.3. The molecule has 0 heterocycles. The van der Waals surface area contributed by atoms with Gasteiger partial charge in [-0.05, 0) is 18.2 Å². The van der Waals surface area contributed by atoms with Crippen molar-refractivity contribution in [2.45, 2.75) is 6.92 Å². The molecule has 0 spiro atoms. The molecule has 1 rings (SSSR count). The second-order valence-electron chi connectivity index (χ2n) is 2.87. The standard InChI is InChI=1S/C10H10ClNO3/c1-6(13)12-7-3-4-9(11)8(5-7)10(14)15-2/h3-5H,1-2H3,(H,12,13). The summed E-state index contributed by atoms with van der Waals surface area (Å²) >= 11 is 5.79. The van der Waals surface area contributed by atoms with Crippen LogP contribution in [0.2, 0.25) is 5.02 Å². The van der Waals surface area contributed by atoms with E-state index >= 15 is 0 Å². The fourth-order valence-corrected chi connectivity index (χ4v) is 1.27. The van der Waals surface area contributed by atoms with E-state index < -0.39 is 5.97 Å². The Kier molecular flexibility index (Phi) is 3.68. The lowest BCUT2D eigenvalue weighted by molar-refractivity contribution is -0.114. The number of ether oxygens (including phenoxy) is 1. The number of nitrogens with one attached hydrogen (secondary N) is 1. The molecule has 0 aromatic heterocycles. The van der Waals surface area contributed by atoms with E-state index in [2.05, 4.69) is 10.1 Å². The SMILES string of the molecule is COC(=O)c1cc(NC(C)=O)ccc1Cl. The van der Waals surface area contributed by atoms with Crippen molar-refractivity contribution in [1.29, 1.82) is 0 Å². The highest BCUT2D eigenvalue weighted by molar-refractivity contribution is 6.33. The minimum absolute atomic E-state index is 0.215. The Labute approximate surface area is 92.2 Å². The molecule has 80 valence electrons. The topological polar surface area (TPSA) is 55.4 Å². The Morgan fingerprint density at radius 1 is 1.40 bits per heavy atom. The van der Waals surface area contributed by atoms with E-state index in [1.54, 1.807) is 6.07 Å². The third kappa shape index (κ3) is 2.95. The van der Waals surface area contributed by atoms with Crippen molar-refractivity contribution in [2.24, 2.45) is 0 Å². The van der Waals surface area contributed by atoms with Crippen LogP contribution in [0.4, 0.5) is 5.69 Å². The monoisotopic (exact) mass is 227 g/mol. The van der Waals surface area contributed by atoms with Crippen molar-refractivity contribution >= 4 is 29.2 Å². The molecule has 0 bridgehead atoms. The number of esters is 1. The Morgan fingerprint density at radius 3 is 2.60 bits per heavy atom. The number of carbonyl (C=O) groups is 2. The van der Waals surface area contributed by atoms with Gasteiger partial charge in [-0.2, -0.15) is 0 Å². The Balaban J connectivity index is 3.05. The highest BCUT2D eigenvalue weighted by Gasteiger charge is 2.11. The van der Waals surface area contributed by atoms with E-state index in [9.17, 15) is 9.59 Å². The predicted molar refractivity (Wildman–Crippen MR) is 57.1 cm³/mol. The van der Waals surface area contributed by atoms with E-state index in [4.69, 9.17) is 11.6 Å². The first kappa shape index (κ1) is 11.5. The number of halogens is 1. The van der Waals surface area contributed by atoms with Crippen LogP contribution in [-0.4, -0.2) is 19.0 Å². The average Bonchev–Trinajstić information content (AvgIpc) is 2.19. The lowest BCUT2D eigenvalue weighted by Gasteiger charge is -2.06. The fourth-order valence-electron chi connectivity index (χ4n) is 1.07. The van der Waals surface area contributed by atoms with Crippen LogP contribution >= 0.6 is 11.6 Å². The van der Waals surface area contributed by atoms with Gasteiger partial charge in [0.2, 0.25) is 5.91 Å². The second kappa shape index (κ2) is 4.79. The third-order valence-corrected chi connectivity index (χ3v) is 2.02. The van der Waals surface area contributed by atoms with Gasteiger partial charge in [0.1, 0.15) is 0 Å². The van der Waals surface area contributed by atoms with Gasteiger partial charge in [-0.3, -0.25) is 4.79 Å². The maximum Gasteiger partial charge on any atom is 0.339 e. The molecule has 0 atom stereocenters. The van der Waals surface area contributed by atoms with Crippen LogP contribution in [-0.2, 0) is 9.53 Å². The van der Waals surface area contributed by atoms with Crippen LogP contribution in [0.25, 0.3) is 0 Å². The first-order valence-electron chi connectivity index (χ1n) is 4.20. The minimum atomic E-state index is -0.535. The van der Waals surface area contributed by atoms with E-state index in [1.807, 2.05) is 0 Å². The summed E-state index contributed by atoms with van der Waals surface area (Å²) in [5, 5.41) is 2.83. The van der Waals surface area contributed by atoms with Crippen molar-refractivity contribution < 1.29 is 14.3 Å². The van der Waals surface area contributed by atoms with Crippen LogP contribution in [0.5, 0.6) is 0 Å². The third-order valence-electron chi connectivity index (χ3n) is 1.69. The highest BCUT2D eigenvalue weighted by atomic mass is 35.5. The summed E-state index contributed by atoms with van der Waals surface area (Å²) in [6.45, 7) is 1.38. The van der Waals surface area contributed by atoms with Gasteiger partial charge in [0.05, 0.1) is 17.7 Å². The van der Waals surface area contributed by atoms with E-state index in [0.717, 1.165) is 0 Å².